The molecule has 0 aliphatic carbocycles. The highest BCUT2D eigenvalue weighted by atomic mass is 32.2. The van der Waals surface area contributed by atoms with Crippen molar-refractivity contribution in [1.29, 1.82) is 0 Å². The Labute approximate surface area is 141 Å². The van der Waals surface area contributed by atoms with E-state index in [1.54, 1.807) is 11.0 Å². The number of sulfonamides is 1. The Morgan fingerprint density at radius 1 is 1.26 bits per heavy atom. The molecule has 9 heteroatoms. The molecule has 1 amide bonds. The molecule has 0 saturated heterocycles. The topological polar surface area (TPSA) is 90.0 Å². The summed E-state index contributed by atoms with van der Waals surface area (Å²) in [4.78, 5) is 13.9. The van der Waals surface area contributed by atoms with Crippen LogP contribution < -0.4 is 10.2 Å². The first-order valence-corrected chi connectivity index (χ1v) is 9.52. The molecule has 0 atom stereocenters. The molecule has 0 aliphatic rings. The van der Waals surface area contributed by atoms with Crippen molar-refractivity contribution in [2.45, 2.75) is 4.90 Å². The molecule has 0 aliphatic heterocycles. The monoisotopic (exact) mass is 361 g/mol. The van der Waals surface area contributed by atoms with E-state index in [4.69, 9.17) is 5.11 Å². The van der Waals surface area contributed by atoms with E-state index >= 15 is 0 Å². The van der Waals surface area contributed by atoms with Crippen molar-refractivity contribution in [2.24, 2.45) is 0 Å². The van der Waals surface area contributed by atoms with Gasteiger partial charge >= 0.3 is 0 Å². The highest BCUT2D eigenvalue weighted by Crippen LogP contribution is 2.28. The molecule has 0 saturated carbocycles. The summed E-state index contributed by atoms with van der Waals surface area (Å²) >= 11 is 1.31. The molecule has 130 valence electrons. The smallest absolute Gasteiger partial charge is 0.242 e. The normalized spacial score (nSPS) is 11.6. The van der Waals surface area contributed by atoms with E-state index in [1.807, 2.05) is 14.1 Å². The molecule has 23 heavy (non-hydrogen) atoms. The van der Waals surface area contributed by atoms with Gasteiger partial charge in [0.15, 0.2) is 0 Å². The van der Waals surface area contributed by atoms with Gasteiger partial charge in [0, 0.05) is 33.9 Å². The molecule has 1 rings (SSSR count). The maximum atomic E-state index is 12.2. The van der Waals surface area contributed by atoms with E-state index in [9.17, 15) is 13.2 Å². The maximum Gasteiger partial charge on any atom is 0.242 e. The summed E-state index contributed by atoms with van der Waals surface area (Å²) in [6.45, 7) is 0.0114. The van der Waals surface area contributed by atoms with E-state index in [0.29, 0.717) is 17.1 Å². The van der Waals surface area contributed by atoms with Crippen molar-refractivity contribution in [1.82, 2.24) is 4.31 Å². The van der Waals surface area contributed by atoms with E-state index in [0.717, 1.165) is 4.31 Å². The van der Waals surface area contributed by atoms with Crippen molar-refractivity contribution in [3.05, 3.63) is 18.2 Å². The molecule has 0 aromatic heterocycles. The molecule has 2 N–H and O–H groups in total. The van der Waals surface area contributed by atoms with Gasteiger partial charge in [-0.15, -0.1) is 11.8 Å². The van der Waals surface area contributed by atoms with E-state index in [1.165, 1.54) is 38.0 Å². The van der Waals surface area contributed by atoms with Crippen molar-refractivity contribution >= 4 is 39.1 Å². The first-order valence-electron chi connectivity index (χ1n) is 6.92. The third-order valence-corrected chi connectivity index (χ3v) is 5.72. The molecular weight excluding hydrogens is 338 g/mol. The Morgan fingerprint density at radius 2 is 1.91 bits per heavy atom. The van der Waals surface area contributed by atoms with Crippen LogP contribution in [-0.2, 0) is 14.8 Å². The highest BCUT2D eigenvalue weighted by molar-refractivity contribution is 7.99. The second-order valence-corrected chi connectivity index (χ2v) is 8.44. The number of rotatable bonds is 8. The zero-order valence-corrected chi connectivity index (χ0v) is 15.4. The Kier molecular flexibility index (Phi) is 7.33. The van der Waals surface area contributed by atoms with Gasteiger partial charge in [0.05, 0.1) is 28.6 Å². The van der Waals surface area contributed by atoms with Crippen molar-refractivity contribution < 1.29 is 18.3 Å². The number of benzene rings is 1. The van der Waals surface area contributed by atoms with Gasteiger partial charge in [-0.1, -0.05) is 0 Å². The zero-order valence-electron chi connectivity index (χ0n) is 13.7. The van der Waals surface area contributed by atoms with E-state index in [-0.39, 0.29) is 23.2 Å². The molecule has 1 aromatic carbocycles. The van der Waals surface area contributed by atoms with Crippen LogP contribution in [-0.4, -0.2) is 70.0 Å². The number of aliphatic hydroxyl groups is 1. The summed E-state index contributed by atoms with van der Waals surface area (Å²) in [5, 5.41) is 11.5. The van der Waals surface area contributed by atoms with Crippen LogP contribution in [0.5, 0.6) is 0 Å². The fourth-order valence-electron chi connectivity index (χ4n) is 1.79. The zero-order chi connectivity index (χ0) is 17.6. The Hall–Kier alpha value is -1.29. The average molecular weight is 361 g/mol. The van der Waals surface area contributed by atoms with Crippen LogP contribution in [0.2, 0.25) is 0 Å². The highest BCUT2D eigenvalue weighted by Gasteiger charge is 2.20. The maximum absolute atomic E-state index is 12.2. The van der Waals surface area contributed by atoms with Gasteiger partial charge in [-0.05, 0) is 18.2 Å². The number of carbonyl (C=O) groups is 1. The van der Waals surface area contributed by atoms with Crippen LogP contribution >= 0.6 is 11.8 Å². The number of carbonyl (C=O) groups excluding carboxylic acids is 1. The van der Waals surface area contributed by atoms with Crippen molar-refractivity contribution in [2.75, 3.05) is 56.5 Å². The largest absolute Gasteiger partial charge is 0.396 e. The van der Waals surface area contributed by atoms with Gasteiger partial charge in [-0.3, -0.25) is 4.79 Å². The first-order chi connectivity index (χ1) is 10.7. The van der Waals surface area contributed by atoms with Crippen LogP contribution in [0.1, 0.15) is 0 Å². The third-order valence-electron chi connectivity index (χ3n) is 2.97. The van der Waals surface area contributed by atoms with Crippen LogP contribution in [0, 0.1) is 0 Å². The average Bonchev–Trinajstić information content (AvgIpc) is 2.46. The van der Waals surface area contributed by atoms with Crippen LogP contribution in [0.15, 0.2) is 23.1 Å². The summed E-state index contributed by atoms with van der Waals surface area (Å²) in [5.74, 6) is 0.423. The van der Waals surface area contributed by atoms with Gasteiger partial charge in [0.2, 0.25) is 15.9 Å². The van der Waals surface area contributed by atoms with Crippen LogP contribution in [0.3, 0.4) is 0 Å². The Balaban J connectivity index is 3.09. The van der Waals surface area contributed by atoms with E-state index in [2.05, 4.69) is 5.32 Å². The number of hydrogen-bond donors (Lipinski definition) is 2. The number of aliphatic hydroxyl groups excluding tert-OH is 1. The number of thioether (sulfide) groups is 1. The molecule has 7 nitrogen and oxygen atoms in total. The molecule has 0 heterocycles. The molecular formula is C14H23N3O4S2. The molecule has 0 bridgehead atoms. The van der Waals surface area contributed by atoms with Crippen molar-refractivity contribution in [3.8, 4) is 0 Å². The molecule has 0 unspecified atom stereocenters. The summed E-state index contributed by atoms with van der Waals surface area (Å²) < 4.78 is 25.6. The lowest BCUT2D eigenvalue weighted by atomic mass is 10.2. The minimum Gasteiger partial charge on any atom is -0.396 e. The molecule has 1 aromatic rings. The SMILES string of the molecule is CN(C)c1ccc(S(=O)(=O)N(C)C)cc1NC(=O)CSCCO. The predicted molar refractivity (Wildman–Crippen MR) is 94.7 cm³/mol. The molecule has 0 fully saturated rings. The fraction of sp³-hybridized carbons (Fsp3) is 0.500. The lowest BCUT2D eigenvalue weighted by Crippen LogP contribution is -2.23. The van der Waals surface area contributed by atoms with Gasteiger partial charge in [0.25, 0.3) is 0 Å². The van der Waals surface area contributed by atoms with Crippen LogP contribution in [0.4, 0.5) is 11.4 Å². The lowest BCUT2D eigenvalue weighted by Gasteiger charge is -2.20. The molecule has 0 radical (unpaired) electrons. The van der Waals surface area contributed by atoms with E-state index < -0.39 is 10.0 Å². The van der Waals surface area contributed by atoms with Gasteiger partial charge in [-0.25, -0.2) is 12.7 Å². The van der Waals surface area contributed by atoms with Crippen LogP contribution in [0.25, 0.3) is 0 Å². The third kappa shape index (κ3) is 5.38. The number of hydrogen-bond acceptors (Lipinski definition) is 6. The lowest BCUT2D eigenvalue weighted by molar-refractivity contribution is -0.113. The molecule has 0 spiro atoms. The second kappa shape index (κ2) is 8.53. The standard InChI is InChI=1S/C14H23N3O4S2/c1-16(2)13-6-5-11(23(20,21)17(3)4)9-12(13)15-14(19)10-22-8-7-18/h5-6,9,18H,7-8,10H2,1-4H3,(H,15,19). The second-order valence-electron chi connectivity index (χ2n) is 5.19. The Bertz CT molecular complexity index is 645. The predicted octanol–water partition coefficient (Wildman–Crippen LogP) is 0.667. The summed E-state index contributed by atoms with van der Waals surface area (Å²) in [5.41, 5.74) is 1.15. The fourth-order valence-corrected chi connectivity index (χ4v) is 3.25. The number of amides is 1. The number of nitrogens with one attached hydrogen (secondary N) is 1. The minimum atomic E-state index is -3.57. The first kappa shape index (κ1) is 19.8. The summed E-state index contributed by atoms with van der Waals surface area (Å²) in [6.07, 6.45) is 0. The Morgan fingerprint density at radius 3 is 2.43 bits per heavy atom. The quantitative estimate of drug-likeness (QED) is 0.662. The van der Waals surface area contributed by atoms with Gasteiger partial charge in [-0.2, -0.15) is 0 Å². The minimum absolute atomic E-state index is 0.0114. The summed E-state index contributed by atoms with van der Waals surface area (Å²) in [7, 11) is 2.96. The van der Waals surface area contributed by atoms with Gasteiger partial charge < -0.3 is 15.3 Å². The number of anilines is 2. The number of nitrogens with zero attached hydrogens (tertiary/aromatic N) is 2. The summed E-state index contributed by atoms with van der Waals surface area (Å²) in [6, 6.07) is 4.63. The van der Waals surface area contributed by atoms with Crippen molar-refractivity contribution in [3.63, 3.8) is 0 Å². The van der Waals surface area contributed by atoms with Gasteiger partial charge in [0.1, 0.15) is 0 Å².